The highest BCUT2D eigenvalue weighted by Gasteiger charge is 2.13. The first kappa shape index (κ1) is 17.8. The van der Waals surface area contributed by atoms with E-state index in [1.54, 1.807) is 0 Å². The number of anilines is 1. The molecule has 0 saturated carbocycles. The Labute approximate surface area is 146 Å². The summed E-state index contributed by atoms with van der Waals surface area (Å²) in [6, 6.07) is 7.96. The predicted octanol–water partition coefficient (Wildman–Crippen LogP) is 3.91. The number of thioether (sulfide) groups is 1. The van der Waals surface area contributed by atoms with Crippen LogP contribution in [0, 0.1) is 0 Å². The van der Waals surface area contributed by atoms with Gasteiger partial charge in [0.05, 0.1) is 6.61 Å². The quantitative estimate of drug-likeness (QED) is 0.187. The Balaban J connectivity index is 2.12. The number of ether oxygens (including phenoxy) is 1. The monoisotopic (exact) mass is 352 g/mol. The number of hydrogen-bond donors (Lipinski definition) is 2. The van der Waals surface area contributed by atoms with Gasteiger partial charge in [0.25, 0.3) is 0 Å². The molecule has 2 rings (SSSR count). The van der Waals surface area contributed by atoms with Crippen LogP contribution in [0.4, 0.5) is 5.82 Å². The van der Waals surface area contributed by atoms with Crippen molar-refractivity contribution in [2.24, 2.45) is 5.84 Å². The summed E-state index contributed by atoms with van der Waals surface area (Å²) < 4.78 is 5.66. The van der Waals surface area contributed by atoms with Crippen molar-refractivity contribution in [1.82, 2.24) is 9.97 Å². The highest BCUT2D eigenvalue weighted by Crippen LogP contribution is 2.27. The molecule has 0 atom stereocenters. The largest absolute Gasteiger partial charge is 0.494 e. The maximum Gasteiger partial charge on any atom is 0.190 e. The van der Waals surface area contributed by atoms with E-state index in [1.165, 1.54) is 11.8 Å². The lowest BCUT2D eigenvalue weighted by Crippen LogP contribution is -2.13. The van der Waals surface area contributed by atoms with Gasteiger partial charge in [0.1, 0.15) is 16.7 Å². The third-order valence-corrected chi connectivity index (χ3v) is 4.19. The predicted molar refractivity (Wildman–Crippen MR) is 96.3 cm³/mol. The number of nitrogens with zero attached hydrogens (tertiary/aromatic N) is 2. The molecule has 0 aliphatic heterocycles. The van der Waals surface area contributed by atoms with Crippen molar-refractivity contribution in [3.05, 3.63) is 40.5 Å². The van der Waals surface area contributed by atoms with Crippen molar-refractivity contribution in [2.45, 2.75) is 31.3 Å². The van der Waals surface area contributed by atoms with Crippen molar-refractivity contribution >= 4 is 29.2 Å². The fraction of sp³-hybridized carbons (Fsp3) is 0.375. The van der Waals surface area contributed by atoms with Crippen LogP contribution in [0.25, 0.3) is 0 Å². The third kappa shape index (κ3) is 4.99. The molecule has 0 aliphatic rings. The van der Waals surface area contributed by atoms with Crippen LogP contribution in [-0.4, -0.2) is 22.8 Å². The number of rotatable bonds is 8. The van der Waals surface area contributed by atoms with Crippen LogP contribution < -0.4 is 16.0 Å². The number of hydrazine groups is 1. The second kappa shape index (κ2) is 8.96. The molecule has 7 heteroatoms. The van der Waals surface area contributed by atoms with Crippen molar-refractivity contribution in [2.75, 3.05) is 18.3 Å². The number of benzene rings is 1. The number of unbranched alkanes of at least 4 members (excludes halogenated alkanes) is 1. The topological polar surface area (TPSA) is 73.1 Å². The fourth-order valence-corrected chi connectivity index (χ4v) is 2.70. The minimum Gasteiger partial charge on any atom is -0.494 e. The number of nitrogens with two attached hydrogens (primary N) is 1. The fourth-order valence-electron chi connectivity index (χ4n) is 2.05. The minimum absolute atomic E-state index is 0.417. The number of aromatic nitrogens is 2. The first-order chi connectivity index (χ1) is 11.2. The van der Waals surface area contributed by atoms with E-state index < -0.39 is 0 Å². The van der Waals surface area contributed by atoms with E-state index >= 15 is 0 Å². The molecule has 1 aromatic carbocycles. The van der Waals surface area contributed by atoms with E-state index in [2.05, 4.69) is 22.3 Å². The Morgan fingerprint density at radius 1 is 1.26 bits per heavy atom. The van der Waals surface area contributed by atoms with E-state index in [0.717, 1.165) is 36.3 Å². The molecule has 3 N–H and O–H groups in total. The van der Waals surface area contributed by atoms with Crippen molar-refractivity contribution in [3.63, 3.8) is 0 Å². The number of nitrogens with one attached hydrogen (secondary N) is 1. The summed E-state index contributed by atoms with van der Waals surface area (Å²) in [6.07, 6.45) is 4.67. The first-order valence-corrected chi connectivity index (χ1v) is 9.07. The molecule has 0 aliphatic carbocycles. The van der Waals surface area contributed by atoms with Crippen molar-refractivity contribution < 1.29 is 4.74 Å². The van der Waals surface area contributed by atoms with Gasteiger partial charge in [-0.25, -0.2) is 15.8 Å². The van der Waals surface area contributed by atoms with Gasteiger partial charge in [-0.1, -0.05) is 48.8 Å². The lowest BCUT2D eigenvalue weighted by Gasteiger charge is -2.11. The Morgan fingerprint density at radius 3 is 2.61 bits per heavy atom. The normalized spacial score (nSPS) is 10.6. The van der Waals surface area contributed by atoms with E-state index in [-0.39, 0.29) is 0 Å². The van der Waals surface area contributed by atoms with Gasteiger partial charge in [0, 0.05) is 12.0 Å². The third-order valence-electron chi connectivity index (χ3n) is 3.33. The highest BCUT2D eigenvalue weighted by atomic mass is 35.5. The molecule has 2 aromatic rings. The molecule has 1 heterocycles. The van der Waals surface area contributed by atoms with Gasteiger partial charge in [-0.15, -0.1) is 0 Å². The molecular formula is C16H21ClN4OS. The zero-order valence-corrected chi connectivity index (χ0v) is 14.9. The molecule has 0 spiro atoms. The van der Waals surface area contributed by atoms with E-state index in [1.807, 2.05) is 30.5 Å². The number of halogens is 1. The molecule has 0 amide bonds. The average Bonchev–Trinajstić information content (AvgIpc) is 2.58. The molecule has 0 bridgehead atoms. The van der Waals surface area contributed by atoms with Gasteiger partial charge in [0.2, 0.25) is 0 Å². The molecule has 1 aromatic heterocycles. The van der Waals surface area contributed by atoms with Gasteiger partial charge in [-0.05, 0) is 30.4 Å². The summed E-state index contributed by atoms with van der Waals surface area (Å²) in [5.74, 6) is 6.99. The lowest BCUT2D eigenvalue weighted by molar-refractivity contribution is 0.309. The maximum absolute atomic E-state index is 6.27. The Morgan fingerprint density at radius 2 is 2.00 bits per heavy atom. The molecule has 0 unspecified atom stereocenters. The summed E-state index contributed by atoms with van der Waals surface area (Å²) >= 11 is 7.69. The van der Waals surface area contributed by atoms with Gasteiger partial charge >= 0.3 is 0 Å². The van der Waals surface area contributed by atoms with Gasteiger partial charge in [-0.3, -0.25) is 0 Å². The van der Waals surface area contributed by atoms with Crippen LogP contribution in [0.5, 0.6) is 5.75 Å². The molecule has 0 saturated heterocycles. The van der Waals surface area contributed by atoms with E-state index in [4.69, 9.17) is 22.2 Å². The average molecular weight is 353 g/mol. The van der Waals surface area contributed by atoms with Gasteiger partial charge in [0.15, 0.2) is 5.16 Å². The lowest BCUT2D eigenvalue weighted by atomic mass is 10.1. The molecule has 0 radical (unpaired) electrons. The van der Waals surface area contributed by atoms with Crippen LogP contribution in [0.1, 0.15) is 30.9 Å². The van der Waals surface area contributed by atoms with Crippen molar-refractivity contribution in [3.8, 4) is 5.75 Å². The maximum atomic E-state index is 6.27. The van der Waals surface area contributed by atoms with Crippen LogP contribution >= 0.6 is 23.4 Å². The molecule has 23 heavy (non-hydrogen) atoms. The molecule has 0 fully saturated rings. The van der Waals surface area contributed by atoms with Gasteiger partial charge in [-0.2, -0.15) is 0 Å². The molecule has 5 nitrogen and oxygen atoms in total. The van der Waals surface area contributed by atoms with E-state index in [9.17, 15) is 0 Å². The van der Waals surface area contributed by atoms with E-state index in [0.29, 0.717) is 22.5 Å². The highest BCUT2D eigenvalue weighted by molar-refractivity contribution is 7.98. The Kier molecular flexibility index (Phi) is 6.95. The Hall–Kier alpha value is -1.50. The summed E-state index contributed by atoms with van der Waals surface area (Å²) in [5.41, 5.74) is 4.48. The van der Waals surface area contributed by atoms with Gasteiger partial charge < -0.3 is 10.2 Å². The molecule has 124 valence electrons. The second-order valence-electron chi connectivity index (χ2n) is 5.00. The summed E-state index contributed by atoms with van der Waals surface area (Å²) in [4.78, 5) is 8.60. The smallest absolute Gasteiger partial charge is 0.190 e. The summed E-state index contributed by atoms with van der Waals surface area (Å²) in [7, 11) is 0. The van der Waals surface area contributed by atoms with Crippen LogP contribution in [-0.2, 0) is 6.42 Å². The minimum atomic E-state index is 0.417. The number of hydrogen-bond acceptors (Lipinski definition) is 6. The zero-order chi connectivity index (χ0) is 16.7. The zero-order valence-electron chi connectivity index (χ0n) is 13.3. The SMILES string of the molecule is CCCCOc1ccc(Cc2c(Cl)nc(SC)nc2NN)cc1. The van der Waals surface area contributed by atoms with Crippen LogP contribution in [0.15, 0.2) is 29.4 Å². The van der Waals surface area contributed by atoms with Crippen LogP contribution in [0.2, 0.25) is 5.15 Å². The number of nitrogen functional groups attached to an aromatic ring is 1. The first-order valence-electron chi connectivity index (χ1n) is 7.46. The molecular weight excluding hydrogens is 332 g/mol. The standard InChI is InChI=1S/C16H21ClN4OS/c1-3-4-9-22-12-7-5-11(6-8-12)10-13-14(17)19-16(23-2)20-15(13)21-18/h5-8H,3-4,9-10,18H2,1-2H3,(H,19,20,21). The summed E-state index contributed by atoms with van der Waals surface area (Å²) in [6.45, 7) is 2.89. The summed E-state index contributed by atoms with van der Waals surface area (Å²) in [5, 5.41) is 1.01. The Bertz CT molecular complexity index is 637. The van der Waals surface area contributed by atoms with Crippen molar-refractivity contribution in [1.29, 1.82) is 0 Å². The second-order valence-corrected chi connectivity index (χ2v) is 6.13. The van der Waals surface area contributed by atoms with Crippen LogP contribution in [0.3, 0.4) is 0 Å².